The molecule has 1 amide bonds. The average molecular weight is 518 g/mol. The van der Waals surface area contributed by atoms with E-state index >= 15 is 0 Å². The van der Waals surface area contributed by atoms with Gasteiger partial charge in [0.05, 0.1) is 10.4 Å². The number of aromatic amines is 2. The molecule has 3 aromatic rings. The average Bonchev–Trinajstić information content (AvgIpc) is 3.24. The first kappa shape index (κ1) is 25.9. The Morgan fingerprint density at radius 3 is 2.58 bits per heavy atom. The van der Waals surface area contributed by atoms with Crippen molar-refractivity contribution < 1.29 is 23.1 Å². The number of imidazole rings is 1. The minimum atomic E-state index is -3.59. The fraction of sp³-hybridized carbons (Fsp3) is 0.417. The van der Waals surface area contributed by atoms with Crippen LogP contribution in [0, 0.1) is 5.92 Å². The van der Waals surface area contributed by atoms with Crippen molar-refractivity contribution in [3.8, 4) is 5.75 Å². The minimum absolute atomic E-state index is 0.0662. The third-order valence-corrected chi connectivity index (χ3v) is 8.06. The normalized spacial score (nSPS) is 16.2. The molecule has 4 rings (SSSR count). The molecule has 0 bridgehead atoms. The molecular formula is C24H31N5O6S. The largest absolute Gasteiger partial charge is 0.489 e. The van der Waals surface area contributed by atoms with Crippen LogP contribution in [-0.2, 0) is 14.8 Å². The number of hydrogen-bond acceptors (Lipinski definition) is 7. The lowest BCUT2D eigenvalue weighted by atomic mass is 9.98. The van der Waals surface area contributed by atoms with Gasteiger partial charge in [-0.15, -0.1) is 0 Å². The quantitative estimate of drug-likeness (QED) is 0.271. The Balaban J connectivity index is 1.19. The number of carbonyl (C=O) groups excluding carboxylic acids is 1. The number of anilines is 1. The number of carbonyl (C=O) groups is 1. The summed E-state index contributed by atoms with van der Waals surface area (Å²) < 4.78 is 33.1. The van der Waals surface area contributed by atoms with Gasteiger partial charge in [-0.05, 0) is 61.7 Å². The van der Waals surface area contributed by atoms with Crippen LogP contribution in [0.2, 0.25) is 0 Å². The summed E-state index contributed by atoms with van der Waals surface area (Å²) in [5, 5.41) is 16.2. The van der Waals surface area contributed by atoms with E-state index in [1.165, 1.54) is 23.4 Å². The summed E-state index contributed by atoms with van der Waals surface area (Å²) in [6.45, 7) is 3.30. The van der Waals surface area contributed by atoms with Gasteiger partial charge in [0.1, 0.15) is 24.0 Å². The molecule has 0 spiro atoms. The topological polar surface area (TPSA) is 157 Å². The highest BCUT2D eigenvalue weighted by molar-refractivity contribution is 7.89. The van der Waals surface area contributed by atoms with Gasteiger partial charge in [-0.3, -0.25) is 4.79 Å². The van der Waals surface area contributed by atoms with Gasteiger partial charge < -0.3 is 30.4 Å². The van der Waals surface area contributed by atoms with E-state index in [0.717, 1.165) is 0 Å². The second-order valence-corrected chi connectivity index (χ2v) is 10.9. The molecule has 12 heteroatoms. The molecule has 1 atom stereocenters. The Morgan fingerprint density at radius 2 is 1.89 bits per heavy atom. The zero-order valence-electron chi connectivity index (χ0n) is 20.0. The highest BCUT2D eigenvalue weighted by atomic mass is 32.2. The summed E-state index contributed by atoms with van der Waals surface area (Å²) in [5.74, 6) is 0.571. The van der Waals surface area contributed by atoms with Crippen LogP contribution in [0.3, 0.4) is 0 Å². The van der Waals surface area contributed by atoms with Crippen molar-refractivity contribution in [1.29, 1.82) is 0 Å². The van der Waals surface area contributed by atoms with Crippen molar-refractivity contribution in [1.82, 2.24) is 19.6 Å². The fourth-order valence-corrected chi connectivity index (χ4v) is 5.74. The predicted octanol–water partition coefficient (Wildman–Crippen LogP) is 1.24. The molecule has 1 aliphatic heterocycles. The number of sulfonamides is 1. The van der Waals surface area contributed by atoms with Gasteiger partial charge in [0.15, 0.2) is 0 Å². The maximum atomic E-state index is 13.0. The molecule has 2 aromatic carbocycles. The van der Waals surface area contributed by atoms with Gasteiger partial charge in [0, 0.05) is 32.2 Å². The Morgan fingerprint density at radius 1 is 1.17 bits per heavy atom. The molecule has 1 fully saturated rings. The summed E-state index contributed by atoms with van der Waals surface area (Å²) >= 11 is 0. The highest BCUT2D eigenvalue weighted by Crippen LogP contribution is 2.25. The van der Waals surface area contributed by atoms with Gasteiger partial charge in [-0.1, -0.05) is 6.07 Å². The number of rotatable bonds is 10. The lowest BCUT2D eigenvalue weighted by Gasteiger charge is -2.31. The summed E-state index contributed by atoms with van der Waals surface area (Å²) in [6, 6.07) is 11.4. The Kier molecular flexibility index (Phi) is 8.09. The van der Waals surface area contributed by atoms with Crippen molar-refractivity contribution in [2.45, 2.75) is 30.8 Å². The van der Waals surface area contributed by atoms with Crippen molar-refractivity contribution >= 4 is 32.7 Å². The molecule has 11 nitrogen and oxygen atoms in total. The van der Waals surface area contributed by atoms with Crippen LogP contribution in [-0.4, -0.2) is 72.6 Å². The number of amides is 1. The van der Waals surface area contributed by atoms with Gasteiger partial charge in [-0.2, -0.15) is 4.31 Å². The van der Waals surface area contributed by atoms with Crippen LogP contribution in [0.15, 0.2) is 52.2 Å². The Bertz CT molecular complexity index is 1340. The SMILES string of the molecule is CC(=O)Nc1ccc(S(=O)(=O)N2CCC(CNC[C@H](O)COc3cccc4[nH]c(=O)[nH]c34)CC2)cc1. The molecule has 0 saturated carbocycles. The van der Waals surface area contributed by atoms with Gasteiger partial charge in [-0.25, -0.2) is 13.2 Å². The Labute approximate surface area is 208 Å². The molecule has 1 saturated heterocycles. The van der Waals surface area contributed by atoms with Crippen LogP contribution in [0.1, 0.15) is 19.8 Å². The highest BCUT2D eigenvalue weighted by Gasteiger charge is 2.29. The van der Waals surface area contributed by atoms with Gasteiger partial charge in [0.25, 0.3) is 0 Å². The third-order valence-electron chi connectivity index (χ3n) is 6.14. The van der Waals surface area contributed by atoms with Crippen LogP contribution >= 0.6 is 0 Å². The Hall–Kier alpha value is -3.19. The first-order valence-electron chi connectivity index (χ1n) is 11.8. The van der Waals surface area contributed by atoms with Gasteiger partial charge in [0.2, 0.25) is 15.9 Å². The number of para-hydroxylation sites is 1. The molecule has 194 valence electrons. The number of aromatic nitrogens is 2. The number of piperidine rings is 1. The van der Waals surface area contributed by atoms with E-state index in [2.05, 4.69) is 20.6 Å². The number of ether oxygens (including phenoxy) is 1. The maximum Gasteiger partial charge on any atom is 0.323 e. The second kappa shape index (κ2) is 11.2. The number of fused-ring (bicyclic) bond motifs is 1. The van der Waals surface area contributed by atoms with Crippen LogP contribution in [0.25, 0.3) is 11.0 Å². The van der Waals surface area contributed by atoms with E-state index in [0.29, 0.717) is 67.4 Å². The zero-order chi connectivity index (χ0) is 25.7. The number of nitrogens with one attached hydrogen (secondary N) is 4. The number of H-pyrrole nitrogens is 2. The van der Waals surface area contributed by atoms with Crippen molar-refractivity contribution in [2.24, 2.45) is 5.92 Å². The number of benzene rings is 2. The van der Waals surface area contributed by atoms with E-state index in [1.54, 1.807) is 30.3 Å². The van der Waals surface area contributed by atoms with E-state index < -0.39 is 16.1 Å². The molecule has 0 aliphatic carbocycles. The number of nitrogens with zero attached hydrogens (tertiary/aromatic N) is 1. The standard InChI is InChI=1S/C24H31N5O6S/c1-16(30)26-18-5-7-20(8-6-18)36(33,34)29-11-9-17(10-12-29)13-25-14-19(31)15-35-22-4-2-3-21-23(22)28-24(32)27-21/h2-8,17,19,25,31H,9-15H2,1H3,(H,26,30)(H2,27,28,32)/t19-/m0/s1. The predicted molar refractivity (Wildman–Crippen MR) is 136 cm³/mol. The van der Waals surface area contributed by atoms with Crippen LogP contribution in [0.4, 0.5) is 5.69 Å². The van der Waals surface area contributed by atoms with E-state index in [9.17, 15) is 23.1 Å². The van der Waals surface area contributed by atoms with Gasteiger partial charge >= 0.3 is 5.69 Å². The lowest BCUT2D eigenvalue weighted by molar-refractivity contribution is -0.114. The van der Waals surface area contributed by atoms with E-state index in [-0.39, 0.29) is 23.1 Å². The summed E-state index contributed by atoms with van der Waals surface area (Å²) in [5.41, 5.74) is 1.44. The molecule has 1 aliphatic rings. The van der Waals surface area contributed by atoms with Crippen LogP contribution < -0.4 is 21.1 Å². The zero-order valence-corrected chi connectivity index (χ0v) is 20.8. The summed E-state index contributed by atoms with van der Waals surface area (Å²) in [6.07, 6.45) is 0.684. The first-order chi connectivity index (χ1) is 17.2. The molecule has 5 N–H and O–H groups in total. The smallest absolute Gasteiger partial charge is 0.323 e. The van der Waals surface area contributed by atoms with Crippen molar-refractivity contribution in [3.05, 3.63) is 52.9 Å². The minimum Gasteiger partial charge on any atom is -0.489 e. The molecule has 0 unspecified atom stereocenters. The summed E-state index contributed by atoms with van der Waals surface area (Å²) in [7, 11) is -3.59. The summed E-state index contributed by atoms with van der Waals surface area (Å²) in [4.78, 5) is 28.2. The molecular weight excluding hydrogens is 486 g/mol. The number of hydrogen-bond donors (Lipinski definition) is 5. The van der Waals surface area contributed by atoms with E-state index in [4.69, 9.17) is 4.74 Å². The number of aliphatic hydroxyl groups is 1. The second-order valence-electron chi connectivity index (χ2n) is 8.93. The first-order valence-corrected chi connectivity index (χ1v) is 13.3. The maximum absolute atomic E-state index is 13.0. The molecule has 36 heavy (non-hydrogen) atoms. The van der Waals surface area contributed by atoms with Crippen molar-refractivity contribution in [2.75, 3.05) is 38.1 Å². The van der Waals surface area contributed by atoms with Crippen molar-refractivity contribution in [3.63, 3.8) is 0 Å². The molecule has 1 aromatic heterocycles. The fourth-order valence-electron chi connectivity index (χ4n) is 4.27. The monoisotopic (exact) mass is 517 g/mol. The van der Waals surface area contributed by atoms with Crippen LogP contribution in [0.5, 0.6) is 5.75 Å². The lowest BCUT2D eigenvalue weighted by Crippen LogP contribution is -2.42. The number of aliphatic hydroxyl groups excluding tert-OH is 1. The third kappa shape index (κ3) is 6.32. The molecule has 2 heterocycles. The molecule has 0 radical (unpaired) electrons. The van der Waals surface area contributed by atoms with E-state index in [1.807, 2.05) is 0 Å².